The number of rotatable bonds is 6. The first-order valence-corrected chi connectivity index (χ1v) is 6.22. The minimum Gasteiger partial charge on any atom is -0.328 e. The molecule has 17 heavy (non-hydrogen) atoms. The molecule has 94 valence electrons. The molecule has 0 saturated carbocycles. The van der Waals surface area contributed by atoms with Crippen molar-refractivity contribution in [1.29, 1.82) is 0 Å². The zero-order chi connectivity index (χ0) is 12.8. The van der Waals surface area contributed by atoms with Gasteiger partial charge in [-0.3, -0.25) is 9.78 Å². The predicted octanol–water partition coefficient (Wildman–Crippen LogP) is 2.73. The molecule has 0 bridgehead atoms. The van der Waals surface area contributed by atoms with E-state index in [1.807, 2.05) is 26.8 Å². The zero-order valence-electron chi connectivity index (χ0n) is 10.9. The molecule has 2 unspecified atom stereocenters. The second-order valence-corrected chi connectivity index (χ2v) is 4.86. The summed E-state index contributed by atoms with van der Waals surface area (Å²) in [6.07, 6.45) is 6.26. The van der Waals surface area contributed by atoms with Gasteiger partial charge in [0, 0.05) is 29.9 Å². The van der Waals surface area contributed by atoms with E-state index in [-0.39, 0.29) is 17.7 Å². The van der Waals surface area contributed by atoms with Gasteiger partial charge in [-0.1, -0.05) is 13.3 Å². The van der Waals surface area contributed by atoms with E-state index in [9.17, 15) is 4.79 Å². The number of aromatic nitrogens is 1. The summed E-state index contributed by atoms with van der Waals surface area (Å²) in [5.74, 6) is 0.247. The van der Waals surface area contributed by atoms with Crippen molar-refractivity contribution in [2.75, 3.05) is 0 Å². The highest BCUT2D eigenvalue weighted by Crippen LogP contribution is 2.17. The third kappa shape index (κ3) is 4.27. The molecule has 0 amide bonds. The van der Waals surface area contributed by atoms with Crippen molar-refractivity contribution >= 4 is 5.78 Å². The monoisotopic (exact) mass is 234 g/mol. The van der Waals surface area contributed by atoms with E-state index in [0.29, 0.717) is 0 Å². The summed E-state index contributed by atoms with van der Waals surface area (Å²) >= 11 is 0. The number of hydrogen-bond donors (Lipinski definition) is 1. The SMILES string of the molecule is Cc1ccncc1C(=O)C(C)CCCC(C)N. The molecule has 0 fully saturated rings. The Hall–Kier alpha value is -1.22. The van der Waals surface area contributed by atoms with Crippen molar-refractivity contribution in [3.63, 3.8) is 0 Å². The van der Waals surface area contributed by atoms with Gasteiger partial charge in [-0.25, -0.2) is 0 Å². The Kier molecular flexibility index (Phi) is 5.29. The second kappa shape index (κ2) is 6.50. The number of pyridine rings is 1. The molecule has 0 aliphatic carbocycles. The second-order valence-electron chi connectivity index (χ2n) is 4.86. The van der Waals surface area contributed by atoms with Crippen molar-refractivity contribution in [1.82, 2.24) is 4.98 Å². The van der Waals surface area contributed by atoms with Crippen molar-refractivity contribution in [3.05, 3.63) is 29.6 Å². The van der Waals surface area contributed by atoms with Crippen LogP contribution in [-0.2, 0) is 0 Å². The quantitative estimate of drug-likeness (QED) is 0.770. The molecule has 1 aromatic rings. The predicted molar refractivity (Wildman–Crippen MR) is 70.0 cm³/mol. The number of ketones is 1. The Bertz CT molecular complexity index is 374. The normalized spacial score (nSPS) is 14.4. The average molecular weight is 234 g/mol. The number of carbonyl (C=O) groups excluding carboxylic acids is 1. The highest BCUT2D eigenvalue weighted by atomic mass is 16.1. The number of nitrogens with two attached hydrogens (primary N) is 1. The summed E-state index contributed by atoms with van der Waals surface area (Å²) in [7, 11) is 0. The van der Waals surface area contributed by atoms with E-state index in [1.54, 1.807) is 12.4 Å². The first-order chi connectivity index (χ1) is 8.02. The first-order valence-electron chi connectivity index (χ1n) is 6.22. The van der Waals surface area contributed by atoms with E-state index in [2.05, 4.69) is 4.98 Å². The van der Waals surface area contributed by atoms with Crippen LogP contribution in [0.25, 0.3) is 0 Å². The number of aryl methyl sites for hydroxylation is 1. The Balaban J connectivity index is 2.55. The maximum atomic E-state index is 12.2. The largest absolute Gasteiger partial charge is 0.328 e. The van der Waals surface area contributed by atoms with E-state index in [0.717, 1.165) is 30.4 Å². The summed E-state index contributed by atoms with van der Waals surface area (Å²) in [6.45, 7) is 5.93. The Morgan fingerprint density at radius 3 is 2.71 bits per heavy atom. The van der Waals surface area contributed by atoms with Crippen molar-refractivity contribution in [2.45, 2.75) is 46.1 Å². The average Bonchev–Trinajstić information content (AvgIpc) is 2.28. The van der Waals surface area contributed by atoms with Gasteiger partial charge in [0.1, 0.15) is 0 Å². The van der Waals surface area contributed by atoms with Gasteiger partial charge in [-0.15, -0.1) is 0 Å². The molecule has 0 radical (unpaired) electrons. The van der Waals surface area contributed by atoms with E-state index in [1.165, 1.54) is 0 Å². The van der Waals surface area contributed by atoms with Gasteiger partial charge in [-0.2, -0.15) is 0 Å². The summed E-state index contributed by atoms with van der Waals surface area (Å²) in [6, 6.07) is 2.10. The lowest BCUT2D eigenvalue weighted by molar-refractivity contribution is 0.0921. The van der Waals surface area contributed by atoms with Crippen LogP contribution in [0.2, 0.25) is 0 Å². The summed E-state index contributed by atoms with van der Waals surface area (Å²) < 4.78 is 0. The fourth-order valence-electron chi connectivity index (χ4n) is 1.86. The smallest absolute Gasteiger partial charge is 0.167 e. The zero-order valence-corrected chi connectivity index (χ0v) is 10.9. The van der Waals surface area contributed by atoms with Crippen molar-refractivity contribution < 1.29 is 4.79 Å². The fourth-order valence-corrected chi connectivity index (χ4v) is 1.86. The van der Waals surface area contributed by atoms with E-state index in [4.69, 9.17) is 5.73 Å². The van der Waals surface area contributed by atoms with Crippen molar-refractivity contribution in [3.8, 4) is 0 Å². The van der Waals surface area contributed by atoms with Gasteiger partial charge in [-0.05, 0) is 38.3 Å². The topological polar surface area (TPSA) is 56.0 Å². The number of carbonyl (C=O) groups is 1. The van der Waals surface area contributed by atoms with Crippen LogP contribution in [0.4, 0.5) is 0 Å². The Morgan fingerprint density at radius 2 is 2.12 bits per heavy atom. The summed E-state index contributed by atoms with van der Waals surface area (Å²) in [5.41, 5.74) is 7.45. The molecule has 0 aromatic carbocycles. The molecule has 2 N–H and O–H groups in total. The number of hydrogen-bond acceptors (Lipinski definition) is 3. The summed E-state index contributed by atoms with van der Waals surface area (Å²) in [5, 5.41) is 0. The van der Waals surface area contributed by atoms with Gasteiger partial charge < -0.3 is 5.73 Å². The minimum absolute atomic E-state index is 0.0525. The molecule has 1 aromatic heterocycles. The standard InChI is InChI=1S/C14H22N2O/c1-10-7-8-16-9-13(10)14(17)11(2)5-4-6-12(3)15/h7-9,11-12H,4-6,15H2,1-3H3. The third-order valence-corrected chi connectivity index (χ3v) is 3.05. The lowest BCUT2D eigenvalue weighted by Crippen LogP contribution is -2.17. The van der Waals surface area contributed by atoms with Crippen LogP contribution in [-0.4, -0.2) is 16.8 Å². The van der Waals surface area contributed by atoms with Crippen LogP contribution in [0.3, 0.4) is 0 Å². The maximum absolute atomic E-state index is 12.2. The first kappa shape index (κ1) is 13.8. The summed E-state index contributed by atoms with van der Waals surface area (Å²) in [4.78, 5) is 16.2. The third-order valence-electron chi connectivity index (χ3n) is 3.05. The molecule has 0 aliphatic heterocycles. The molecule has 0 saturated heterocycles. The van der Waals surface area contributed by atoms with Crippen LogP contribution in [0.15, 0.2) is 18.5 Å². The lowest BCUT2D eigenvalue weighted by atomic mass is 9.92. The van der Waals surface area contributed by atoms with Crippen molar-refractivity contribution in [2.24, 2.45) is 11.7 Å². The minimum atomic E-state index is 0.0525. The number of Topliss-reactive ketones (excluding diaryl/α,β-unsaturated/α-hetero) is 1. The van der Waals surface area contributed by atoms with Crippen LogP contribution in [0, 0.1) is 12.8 Å². The molecule has 1 rings (SSSR count). The molecule has 3 nitrogen and oxygen atoms in total. The van der Waals surface area contributed by atoms with Gasteiger partial charge in [0.15, 0.2) is 5.78 Å². The van der Waals surface area contributed by atoms with Crippen LogP contribution in [0.1, 0.15) is 49.0 Å². The Labute approximate surface area is 103 Å². The van der Waals surface area contributed by atoms with Gasteiger partial charge in [0.25, 0.3) is 0 Å². The Morgan fingerprint density at radius 1 is 1.41 bits per heavy atom. The molecule has 2 atom stereocenters. The van der Waals surface area contributed by atoms with E-state index < -0.39 is 0 Å². The van der Waals surface area contributed by atoms with Gasteiger partial charge in [0.2, 0.25) is 0 Å². The molecule has 0 spiro atoms. The molecular weight excluding hydrogens is 212 g/mol. The van der Waals surface area contributed by atoms with E-state index >= 15 is 0 Å². The van der Waals surface area contributed by atoms with Gasteiger partial charge >= 0.3 is 0 Å². The van der Waals surface area contributed by atoms with Crippen LogP contribution >= 0.6 is 0 Å². The van der Waals surface area contributed by atoms with Crippen LogP contribution < -0.4 is 5.73 Å². The van der Waals surface area contributed by atoms with Gasteiger partial charge in [0.05, 0.1) is 0 Å². The fraction of sp³-hybridized carbons (Fsp3) is 0.571. The van der Waals surface area contributed by atoms with Crippen LogP contribution in [0.5, 0.6) is 0 Å². The molecule has 3 heteroatoms. The molecule has 0 aliphatic rings. The lowest BCUT2D eigenvalue weighted by Gasteiger charge is -2.12. The highest BCUT2D eigenvalue weighted by Gasteiger charge is 2.16. The maximum Gasteiger partial charge on any atom is 0.167 e. The highest BCUT2D eigenvalue weighted by molar-refractivity contribution is 5.98. The number of nitrogens with zero attached hydrogens (tertiary/aromatic N) is 1. The molecule has 1 heterocycles. The molecular formula is C14H22N2O.